The minimum atomic E-state index is -4.42. The van der Waals surface area contributed by atoms with Crippen molar-refractivity contribution in [1.82, 2.24) is 10.2 Å². The Morgan fingerprint density at radius 2 is 1.85 bits per heavy atom. The highest BCUT2D eigenvalue weighted by Crippen LogP contribution is 2.41. The van der Waals surface area contributed by atoms with Crippen LogP contribution in [-0.4, -0.2) is 38.2 Å². The summed E-state index contributed by atoms with van der Waals surface area (Å²) in [6.07, 6.45) is -4.42. The Kier molecular flexibility index (Phi) is 8.69. The summed E-state index contributed by atoms with van der Waals surface area (Å²) in [5, 5.41) is 5.15. The number of thiophene rings is 1. The molecule has 1 N–H and O–H groups in total. The molecular weight excluding hydrogens is 408 g/mol. The molecule has 9 heteroatoms. The van der Waals surface area contributed by atoms with Crippen molar-refractivity contribution >= 4 is 36.2 Å². The normalized spacial score (nSPS) is 16.3. The second-order valence-electron chi connectivity index (χ2n) is 5.65. The number of benzene rings is 1. The highest BCUT2D eigenvalue weighted by Gasteiger charge is 2.38. The topological polar surface area (TPSA) is 24.5 Å². The molecule has 26 heavy (non-hydrogen) atoms. The van der Waals surface area contributed by atoms with Gasteiger partial charge in [-0.3, -0.25) is 4.90 Å². The molecule has 1 aromatic heterocycles. The molecular formula is C17H21Cl2F3N2OS. The van der Waals surface area contributed by atoms with Gasteiger partial charge < -0.3 is 10.1 Å². The summed E-state index contributed by atoms with van der Waals surface area (Å²) >= 11 is 1.49. The predicted octanol–water partition coefficient (Wildman–Crippen LogP) is 4.61. The quantitative estimate of drug-likeness (QED) is 0.768. The van der Waals surface area contributed by atoms with Gasteiger partial charge in [-0.2, -0.15) is 13.2 Å². The van der Waals surface area contributed by atoms with Crippen LogP contribution in [0.4, 0.5) is 13.2 Å². The Labute approximate surface area is 167 Å². The van der Waals surface area contributed by atoms with Crippen molar-refractivity contribution in [3.8, 4) is 5.75 Å². The number of halogens is 5. The average Bonchev–Trinajstić information content (AvgIpc) is 3.09. The van der Waals surface area contributed by atoms with E-state index in [-0.39, 0.29) is 36.1 Å². The highest BCUT2D eigenvalue weighted by molar-refractivity contribution is 7.10. The number of alkyl halides is 3. The smallest absolute Gasteiger partial charge is 0.416 e. The fraction of sp³-hybridized carbons (Fsp3) is 0.412. The molecule has 0 radical (unpaired) electrons. The zero-order valence-electron chi connectivity index (χ0n) is 14.1. The monoisotopic (exact) mass is 428 g/mol. The molecule has 0 aliphatic carbocycles. The first-order valence-corrected chi connectivity index (χ1v) is 8.62. The van der Waals surface area contributed by atoms with Gasteiger partial charge in [0.25, 0.3) is 0 Å². The van der Waals surface area contributed by atoms with Crippen LogP contribution in [-0.2, 0) is 6.18 Å². The number of piperazine rings is 1. The fourth-order valence-corrected chi connectivity index (χ4v) is 3.94. The summed E-state index contributed by atoms with van der Waals surface area (Å²) in [6.45, 7) is 2.98. The summed E-state index contributed by atoms with van der Waals surface area (Å²) in [5.41, 5.74) is -0.341. The lowest BCUT2D eigenvalue weighted by atomic mass is 9.96. The summed E-state index contributed by atoms with van der Waals surface area (Å²) in [4.78, 5) is 3.03. The summed E-state index contributed by atoms with van der Waals surface area (Å²) in [7, 11) is 1.38. The molecule has 146 valence electrons. The van der Waals surface area contributed by atoms with E-state index in [1.54, 1.807) is 12.1 Å². The van der Waals surface area contributed by atoms with Crippen molar-refractivity contribution in [2.24, 2.45) is 0 Å². The van der Waals surface area contributed by atoms with Crippen molar-refractivity contribution in [3.05, 3.63) is 51.7 Å². The molecule has 0 unspecified atom stereocenters. The van der Waals surface area contributed by atoms with Crippen LogP contribution in [0.1, 0.15) is 22.0 Å². The number of rotatable bonds is 4. The first-order chi connectivity index (χ1) is 11.5. The van der Waals surface area contributed by atoms with E-state index in [0.717, 1.165) is 24.0 Å². The van der Waals surface area contributed by atoms with E-state index in [1.807, 2.05) is 17.5 Å². The van der Waals surface area contributed by atoms with Gasteiger partial charge in [-0.1, -0.05) is 12.1 Å². The van der Waals surface area contributed by atoms with Crippen molar-refractivity contribution in [1.29, 1.82) is 0 Å². The Morgan fingerprint density at radius 3 is 2.38 bits per heavy atom. The minimum absolute atomic E-state index is 0. The summed E-state index contributed by atoms with van der Waals surface area (Å²) < 4.78 is 46.0. The molecule has 3 nitrogen and oxygen atoms in total. The van der Waals surface area contributed by atoms with Crippen LogP contribution in [0.5, 0.6) is 5.75 Å². The van der Waals surface area contributed by atoms with E-state index in [2.05, 4.69) is 10.2 Å². The molecule has 0 amide bonds. The van der Waals surface area contributed by atoms with E-state index < -0.39 is 17.8 Å². The van der Waals surface area contributed by atoms with Gasteiger partial charge in [0.15, 0.2) is 0 Å². The maximum absolute atomic E-state index is 13.7. The van der Waals surface area contributed by atoms with Gasteiger partial charge in [-0.05, 0) is 29.1 Å². The molecule has 2 aromatic rings. The lowest BCUT2D eigenvalue weighted by Gasteiger charge is -2.36. The first-order valence-electron chi connectivity index (χ1n) is 7.74. The second kappa shape index (κ2) is 9.80. The molecule has 1 aromatic carbocycles. The maximum atomic E-state index is 13.7. The molecule has 1 saturated heterocycles. The summed E-state index contributed by atoms with van der Waals surface area (Å²) in [5.74, 6) is 0.219. The van der Waals surface area contributed by atoms with Crippen LogP contribution >= 0.6 is 36.2 Å². The number of ether oxygens (including phenoxy) is 1. The Balaban J connectivity index is 0.00000169. The number of hydrogen-bond donors (Lipinski definition) is 1. The van der Waals surface area contributed by atoms with Crippen LogP contribution in [0.15, 0.2) is 35.7 Å². The van der Waals surface area contributed by atoms with E-state index in [1.165, 1.54) is 18.4 Å². The zero-order valence-corrected chi connectivity index (χ0v) is 16.5. The van der Waals surface area contributed by atoms with E-state index in [9.17, 15) is 13.2 Å². The maximum Gasteiger partial charge on any atom is 0.416 e. The van der Waals surface area contributed by atoms with Crippen LogP contribution < -0.4 is 10.1 Å². The molecule has 0 saturated carbocycles. The molecule has 0 bridgehead atoms. The molecule has 1 aliphatic rings. The van der Waals surface area contributed by atoms with Crippen LogP contribution in [0.3, 0.4) is 0 Å². The van der Waals surface area contributed by atoms with Crippen LogP contribution in [0, 0.1) is 0 Å². The highest BCUT2D eigenvalue weighted by atomic mass is 35.5. The number of nitrogens with one attached hydrogen (secondary N) is 1. The van der Waals surface area contributed by atoms with Gasteiger partial charge >= 0.3 is 6.18 Å². The van der Waals surface area contributed by atoms with Gasteiger partial charge in [0.2, 0.25) is 0 Å². The van der Waals surface area contributed by atoms with Crippen LogP contribution in [0.25, 0.3) is 0 Å². The third-order valence-electron chi connectivity index (χ3n) is 4.19. The number of nitrogens with zero attached hydrogens (tertiary/aromatic N) is 1. The van der Waals surface area contributed by atoms with Gasteiger partial charge in [0.1, 0.15) is 5.75 Å². The van der Waals surface area contributed by atoms with E-state index in [4.69, 9.17) is 4.74 Å². The Morgan fingerprint density at radius 1 is 1.15 bits per heavy atom. The van der Waals surface area contributed by atoms with Crippen molar-refractivity contribution in [2.75, 3.05) is 33.3 Å². The average molecular weight is 429 g/mol. The third kappa shape index (κ3) is 5.04. The Bertz CT molecular complexity index is 677. The SMILES string of the molecule is COc1ccc([C@@H](c2cccs2)N2CCNCC2)c(C(F)(F)F)c1.Cl.Cl. The van der Waals surface area contributed by atoms with E-state index >= 15 is 0 Å². The lowest BCUT2D eigenvalue weighted by molar-refractivity contribution is -0.138. The number of methoxy groups -OCH3 is 1. The molecule has 2 heterocycles. The first kappa shape index (κ1) is 23.0. The fourth-order valence-electron chi connectivity index (χ4n) is 3.06. The van der Waals surface area contributed by atoms with Gasteiger partial charge in [-0.25, -0.2) is 0 Å². The minimum Gasteiger partial charge on any atom is -0.497 e. The largest absolute Gasteiger partial charge is 0.497 e. The lowest BCUT2D eigenvalue weighted by Crippen LogP contribution is -2.45. The molecule has 1 aliphatic heterocycles. The van der Waals surface area contributed by atoms with Crippen LogP contribution in [0.2, 0.25) is 0 Å². The molecule has 1 fully saturated rings. The molecule has 0 spiro atoms. The van der Waals surface area contributed by atoms with Gasteiger partial charge in [-0.15, -0.1) is 36.2 Å². The van der Waals surface area contributed by atoms with Gasteiger partial charge in [0.05, 0.1) is 18.7 Å². The number of hydrogen-bond acceptors (Lipinski definition) is 4. The van der Waals surface area contributed by atoms with E-state index in [0.29, 0.717) is 13.1 Å². The Hall–Kier alpha value is -0.990. The zero-order chi connectivity index (χ0) is 17.2. The molecule has 3 rings (SSSR count). The predicted molar refractivity (Wildman–Crippen MR) is 103 cm³/mol. The van der Waals surface area contributed by atoms with Crippen molar-refractivity contribution < 1.29 is 17.9 Å². The van der Waals surface area contributed by atoms with Crippen molar-refractivity contribution in [3.63, 3.8) is 0 Å². The molecule has 1 atom stereocenters. The standard InChI is InChI=1S/C17H19F3N2OS.2ClH/c1-23-12-4-5-13(14(11-12)17(18,19)20)16(15-3-2-10-24-15)22-8-6-21-7-9-22;;/h2-5,10-11,16,21H,6-9H2,1H3;2*1H/t16-;;/m0../s1. The van der Waals surface area contributed by atoms with Crippen molar-refractivity contribution in [2.45, 2.75) is 12.2 Å². The third-order valence-corrected chi connectivity index (χ3v) is 5.11. The van der Waals surface area contributed by atoms with Gasteiger partial charge in [0, 0.05) is 31.1 Å². The summed E-state index contributed by atoms with van der Waals surface area (Å²) in [6, 6.07) is 7.64. The second-order valence-corrected chi connectivity index (χ2v) is 6.63.